The van der Waals surface area contributed by atoms with Crippen LogP contribution in [0.4, 0.5) is 0 Å². The molecule has 11 rings (SSSR count). The molecule has 4 nitrogen and oxygen atoms in total. The molecular formula is C51H31N3O. The van der Waals surface area contributed by atoms with Gasteiger partial charge in [-0.1, -0.05) is 158 Å². The topological polar surface area (TPSA) is 51.8 Å². The molecule has 0 unspecified atom stereocenters. The molecule has 0 fully saturated rings. The minimum Gasteiger partial charge on any atom is -0.456 e. The van der Waals surface area contributed by atoms with Crippen molar-refractivity contribution in [2.24, 2.45) is 0 Å². The van der Waals surface area contributed by atoms with E-state index in [1.807, 2.05) is 30.3 Å². The molecule has 55 heavy (non-hydrogen) atoms. The highest BCUT2D eigenvalue weighted by Crippen LogP contribution is 2.46. The van der Waals surface area contributed by atoms with Crippen molar-refractivity contribution in [3.05, 3.63) is 188 Å². The summed E-state index contributed by atoms with van der Waals surface area (Å²) >= 11 is 0. The van der Waals surface area contributed by atoms with E-state index in [0.29, 0.717) is 5.82 Å². The van der Waals surface area contributed by atoms with Gasteiger partial charge in [0.1, 0.15) is 11.2 Å². The molecular weight excluding hydrogens is 671 g/mol. The Labute approximate surface area is 317 Å². The molecule has 3 aromatic heterocycles. The average molecular weight is 702 g/mol. The van der Waals surface area contributed by atoms with Gasteiger partial charge in [0.15, 0.2) is 5.82 Å². The molecule has 3 heterocycles. The lowest BCUT2D eigenvalue weighted by Gasteiger charge is -2.16. The third-order valence-electron chi connectivity index (χ3n) is 10.7. The van der Waals surface area contributed by atoms with Crippen molar-refractivity contribution in [1.29, 1.82) is 0 Å². The highest BCUT2D eigenvalue weighted by molar-refractivity contribution is 6.27. The first-order chi connectivity index (χ1) is 27.3. The molecule has 11 aromatic rings. The van der Waals surface area contributed by atoms with Crippen LogP contribution in [-0.4, -0.2) is 15.0 Å². The number of para-hydroxylation sites is 3. The van der Waals surface area contributed by atoms with E-state index in [1.54, 1.807) is 0 Å². The predicted molar refractivity (Wildman–Crippen MR) is 227 cm³/mol. The Kier molecular flexibility index (Phi) is 7.14. The van der Waals surface area contributed by atoms with Gasteiger partial charge in [0, 0.05) is 54.6 Å². The molecule has 256 valence electrons. The van der Waals surface area contributed by atoms with Crippen molar-refractivity contribution in [3.8, 4) is 56.2 Å². The van der Waals surface area contributed by atoms with Crippen LogP contribution in [0.1, 0.15) is 0 Å². The van der Waals surface area contributed by atoms with Gasteiger partial charge in [-0.25, -0.2) is 15.0 Å². The Morgan fingerprint density at radius 2 is 0.873 bits per heavy atom. The van der Waals surface area contributed by atoms with Gasteiger partial charge in [-0.2, -0.15) is 0 Å². The lowest BCUT2D eigenvalue weighted by molar-refractivity contribution is 0.669. The second-order valence-electron chi connectivity index (χ2n) is 13.9. The maximum atomic E-state index is 6.62. The zero-order valence-electron chi connectivity index (χ0n) is 29.6. The molecule has 0 N–H and O–H groups in total. The van der Waals surface area contributed by atoms with E-state index in [2.05, 4.69) is 158 Å². The molecule has 0 saturated heterocycles. The van der Waals surface area contributed by atoms with E-state index in [-0.39, 0.29) is 0 Å². The maximum Gasteiger partial charge on any atom is 0.160 e. The summed E-state index contributed by atoms with van der Waals surface area (Å²) in [6, 6.07) is 65.5. The van der Waals surface area contributed by atoms with Crippen LogP contribution in [0.15, 0.2) is 192 Å². The first-order valence-electron chi connectivity index (χ1n) is 18.5. The van der Waals surface area contributed by atoms with E-state index in [1.165, 1.54) is 5.39 Å². The van der Waals surface area contributed by atoms with Crippen LogP contribution in [0.2, 0.25) is 0 Å². The molecule has 4 heteroatoms. The zero-order valence-corrected chi connectivity index (χ0v) is 29.6. The number of nitrogens with zero attached hydrogens (tertiary/aromatic N) is 3. The molecule has 0 amide bonds. The summed E-state index contributed by atoms with van der Waals surface area (Å²) in [6.07, 6.45) is 0. The van der Waals surface area contributed by atoms with Crippen molar-refractivity contribution in [2.45, 2.75) is 0 Å². The summed E-state index contributed by atoms with van der Waals surface area (Å²) in [6.45, 7) is 0. The average Bonchev–Trinajstić information content (AvgIpc) is 3.64. The lowest BCUT2D eigenvalue weighted by atomic mass is 9.88. The largest absolute Gasteiger partial charge is 0.456 e. The Bertz CT molecular complexity index is 3240. The summed E-state index contributed by atoms with van der Waals surface area (Å²) < 4.78 is 6.62. The summed E-state index contributed by atoms with van der Waals surface area (Å²) in [5, 5.41) is 6.58. The van der Waals surface area contributed by atoms with E-state index < -0.39 is 0 Å². The molecule has 0 atom stereocenters. The number of hydrogen-bond acceptors (Lipinski definition) is 4. The first-order valence-corrected chi connectivity index (χ1v) is 18.5. The summed E-state index contributed by atoms with van der Waals surface area (Å²) in [5.74, 6) is 0.706. The fraction of sp³-hybridized carbons (Fsp3) is 0. The maximum absolute atomic E-state index is 6.62. The minimum absolute atomic E-state index is 0.706. The number of furan rings is 1. The van der Waals surface area contributed by atoms with Crippen LogP contribution in [0, 0.1) is 0 Å². The van der Waals surface area contributed by atoms with E-state index >= 15 is 0 Å². The van der Waals surface area contributed by atoms with E-state index in [9.17, 15) is 0 Å². The van der Waals surface area contributed by atoms with Crippen molar-refractivity contribution in [3.63, 3.8) is 0 Å². The number of benzene rings is 8. The number of hydrogen-bond donors (Lipinski definition) is 0. The smallest absolute Gasteiger partial charge is 0.160 e. The highest BCUT2D eigenvalue weighted by Gasteiger charge is 2.22. The predicted octanol–water partition coefficient (Wildman–Crippen LogP) is 13.6. The zero-order chi connectivity index (χ0) is 36.3. The molecule has 0 bridgehead atoms. The van der Waals surface area contributed by atoms with Gasteiger partial charge in [-0.05, 0) is 47.0 Å². The Morgan fingerprint density at radius 3 is 1.62 bits per heavy atom. The Hall–Kier alpha value is -7.43. The second kappa shape index (κ2) is 12.6. The SMILES string of the molecule is c1ccc(-c2nc(-c3ccc(-c4cccc(-c5c6c(cc7c(-c8ccccc8)nc8ccccc8c57)oc5ccccc56)c4)cc3)nc3ccccc23)cc1. The van der Waals surface area contributed by atoms with Gasteiger partial charge in [0.2, 0.25) is 0 Å². The molecule has 8 aromatic carbocycles. The van der Waals surface area contributed by atoms with Crippen LogP contribution >= 0.6 is 0 Å². The minimum atomic E-state index is 0.706. The summed E-state index contributed by atoms with van der Waals surface area (Å²) in [4.78, 5) is 15.4. The number of pyridine rings is 1. The van der Waals surface area contributed by atoms with Crippen LogP contribution < -0.4 is 0 Å². The molecule has 0 aliphatic carbocycles. The van der Waals surface area contributed by atoms with Gasteiger partial charge >= 0.3 is 0 Å². The monoisotopic (exact) mass is 701 g/mol. The van der Waals surface area contributed by atoms with Crippen LogP contribution in [-0.2, 0) is 0 Å². The van der Waals surface area contributed by atoms with Crippen LogP contribution in [0.25, 0.3) is 111 Å². The summed E-state index contributed by atoms with van der Waals surface area (Å²) in [7, 11) is 0. The quantitative estimate of drug-likeness (QED) is 0.168. The van der Waals surface area contributed by atoms with Crippen molar-refractivity contribution >= 4 is 54.5 Å². The number of fused-ring (bicyclic) bond motifs is 7. The van der Waals surface area contributed by atoms with E-state index in [4.69, 9.17) is 19.4 Å². The molecule has 0 aliphatic rings. The van der Waals surface area contributed by atoms with Crippen molar-refractivity contribution in [2.75, 3.05) is 0 Å². The highest BCUT2D eigenvalue weighted by atomic mass is 16.3. The van der Waals surface area contributed by atoms with Gasteiger partial charge in [-0.3, -0.25) is 0 Å². The third-order valence-corrected chi connectivity index (χ3v) is 10.7. The van der Waals surface area contributed by atoms with Crippen molar-refractivity contribution < 1.29 is 4.42 Å². The molecule has 0 spiro atoms. The van der Waals surface area contributed by atoms with Crippen LogP contribution in [0.5, 0.6) is 0 Å². The Balaban J connectivity index is 1.10. The van der Waals surface area contributed by atoms with Crippen LogP contribution in [0.3, 0.4) is 0 Å². The summed E-state index contributed by atoms with van der Waals surface area (Å²) in [5.41, 5.74) is 13.1. The van der Waals surface area contributed by atoms with Gasteiger partial charge in [0.05, 0.1) is 22.4 Å². The van der Waals surface area contributed by atoms with E-state index in [0.717, 1.165) is 99.5 Å². The molecule has 0 radical (unpaired) electrons. The first kappa shape index (κ1) is 31.1. The molecule has 0 saturated carbocycles. The fourth-order valence-electron chi connectivity index (χ4n) is 8.11. The fourth-order valence-corrected chi connectivity index (χ4v) is 8.11. The Morgan fingerprint density at radius 1 is 0.309 bits per heavy atom. The normalized spacial score (nSPS) is 11.6. The standard InChI is InChI=1S/C51H31N3O/c1-3-14-33(15-4-1)49-39-21-8-11-24-43(39)53-51(54-49)35-28-26-32(27-29-35)36-18-13-19-37(30-36)46-47-38-20-7-10-23-42(38)52-50(34-16-5-2-6-17-34)41(47)31-45-48(46)40-22-9-12-25-44(40)55-45/h1-31H. The van der Waals surface area contributed by atoms with Gasteiger partial charge in [-0.15, -0.1) is 0 Å². The van der Waals surface area contributed by atoms with Gasteiger partial charge in [0.25, 0.3) is 0 Å². The lowest BCUT2D eigenvalue weighted by Crippen LogP contribution is -1.95. The number of rotatable bonds is 5. The van der Waals surface area contributed by atoms with Crippen molar-refractivity contribution in [1.82, 2.24) is 15.0 Å². The van der Waals surface area contributed by atoms with Gasteiger partial charge < -0.3 is 4.42 Å². The third kappa shape index (κ3) is 5.19. The molecule has 0 aliphatic heterocycles. The number of aromatic nitrogens is 3. The second-order valence-corrected chi connectivity index (χ2v) is 13.9.